The predicted molar refractivity (Wildman–Crippen MR) is 151 cm³/mol. The molecule has 0 saturated heterocycles. The number of dihydropyridines is 1. The molecule has 3 aliphatic rings. The Morgan fingerprint density at radius 3 is 2.31 bits per heavy atom. The molecule has 1 N–H and O–H groups in total. The standard InChI is InChI=1S/C31H34BrNO6/c1-17-28(31(35)39-21-7-5-6-8-21)29(22-16-20(32)10-12-25(22)36-2)30-23(33-17)13-19(14-24(30)34)18-9-11-26(37-3)27(15-18)38-4/h9-12,15-16,19,21,29,33H,5-8,13-14H2,1-4H3/t19-,29-/m0/s1. The quantitative estimate of drug-likeness (QED) is 0.375. The molecule has 2 aromatic rings. The van der Waals surface area contributed by atoms with Crippen molar-refractivity contribution in [1.82, 2.24) is 5.32 Å². The van der Waals surface area contributed by atoms with Gasteiger partial charge in [-0.1, -0.05) is 22.0 Å². The fourth-order valence-corrected chi connectivity index (χ4v) is 6.49. The molecule has 0 amide bonds. The molecule has 2 aliphatic carbocycles. The van der Waals surface area contributed by atoms with E-state index < -0.39 is 5.92 Å². The molecule has 1 fully saturated rings. The smallest absolute Gasteiger partial charge is 0.337 e. The lowest BCUT2D eigenvalue weighted by Gasteiger charge is -2.37. The zero-order chi connectivity index (χ0) is 27.7. The van der Waals surface area contributed by atoms with E-state index in [1.807, 2.05) is 43.3 Å². The first-order valence-electron chi connectivity index (χ1n) is 13.3. The molecule has 2 atom stereocenters. The van der Waals surface area contributed by atoms with Crippen LogP contribution in [0.2, 0.25) is 0 Å². The van der Waals surface area contributed by atoms with Crippen molar-refractivity contribution in [2.45, 2.75) is 63.4 Å². The molecular formula is C31H34BrNO6. The van der Waals surface area contributed by atoms with E-state index in [4.69, 9.17) is 18.9 Å². The van der Waals surface area contributed by atoms with Gasteiger partial charge < -0.3 is 24.3 Å². The largest absolute Gasteiger partial charge is 0.496 e. The van der Waals surface area contributed by atoms with Crippen molar-refractivity contribution < 1.29 is 28.5 Å². The van der Waals surface area contributed by atoms with E-state index in [0.29, 0.717) is 46.9 Å². The summed E-state index contributed by atoms with van der Waals surface area (Å²) >= 11 is 3.58. The number of halogens is 1. The summed E-state index contributed by atoms with van der Waals surface area (Å²) in [5, 5.41) is 3.44. The van der Waals surface area contributed by atoms with Gasteiger partial charge in [0.15, 0.2) is 17.3 Å². The van der Waals surface area contributed by atoms with Gasteiger partial charge in [0, 0.05) is 33.4 Å². The van der Waals surface area contributed by atoms with Crippen LogP contribution >= 0.6 is 15.9 Å². The zero-order valence-corrected chi connectivity index (χ0v) is 24.4. The number of ether oxygens (including phenoxy) is 4. The van der Waals surface area contributed by atoms with Crippen LogP contribution in [0.3, 0.4) is 0 Å². The molecule has 1 heterocycles. The molecule has 7 nitrogen and oxygen atoms in total. The molecule has 1 saturated carbocycles. The summed E-state index contributed by atoms with van der Waals surface area (Å²) in [4.78, 5) is 27.7. The second kappa shape index (κ2) is 11.5. The average molecular weight is 597 g/mol. The van der Waals surface area contributed by atoms with Crippen molar-refractivity contribution in [3.63, 3.8) is 0 Å². The number of nitrogens with one attached hydrogen (secondary N) is 1. The Kier molecular flexibility index (Phi) is 8.03. The van der Waals surface area contributed by atoms with Gasteiger partial charge in [0.1, 0.15) is 11.9 Å². The second-order valence-corrected chi connectivity index (χ2v) is 11.2. The molecule has 8 heteroatoms. The molecule has 0 radical (unpaired) electrons. The number of hydrogen-bond acceptors (Lipinski definition) is 7. The highest BCUT2D eigenvalue weighted by Gasteiger charge is 2.43. The number of methoxy groups -OCH3 is 3. The molecule has 2 aromatic carbocycles. The van der Waals surface area contributed by atoms with E-state index in [9.17, 15) is 9.59 Å². The Morgan fingerprint density at radius 2 is 1.62 bits per heavy atom. The van der Waals surface area contributed by atoms with E-state index in [0.717, 1.165) is 47.0 Å². The minimum atomic E-state index is -0.596. The Hall–Kier alpha value is -3.26. The molecular weight excluding hydrogens is 562 g/mol. The first-order valence-corrected chi connectivity index (χ1v) is 14.1. The fourth-order valence-electron chi connectivity index (χ4n) is 6.11. The van der Waals surface area contributed by atoms with E-state index >= 15 is 0 Å². The van der Waals surface area contributed by atoms with Gasteiger partial charge in [0.25, 0.3) is 0 Å². The fraction of sp³-hybridized carbons (Fsp3) is 0.419. The van der Waals surface area contributed by atoms with Crippen molar-refractivity contribution in [3.8, 4) is 17.2 Å². The monoisotopic (exact) mass is 595 g/mol. The number of ketones is 1. The maximum Gasteiger partial charge on any atom is 0.337 e. The maximum absolute atomic E-state index is 14.0. The Labute approximate surface area is 237 Å². The van der Waals surface area contributed by atoms with Crippen molar-refractivity contribution in [2.75, 3.05) is 21.3 Å². The van der Waals surface area contributed by atoms with Crippen LogP contribution in [0, 0.1) is 0 Å². The lowest BCUT2D eigenvalue weighted by molar-refractivity contribution is -0.144. The number of esters is 1. The minimum Gasteiger partial charge on any atom is -0.496 e. The predicted octanol–water partition coefficient (Wildman–Crippen LogP) is 6.32. The first kappa shape index (κ1) is 27.3. The van der Waals surface area contributed by atoms with Gasteiger partial charge in [0.05, 0.1) is 32.8 Å². The summed E-state index contributed by atoms with van der Waals surface area (Å²) in [6, 6.07) is 11.5. The average Bonchev–Trinajstić information content (AvgIpc) is 3.44. The summed E-state index contributed by atoms with van der Waals surface area (Å²) in [6.45, 7) is 1.89. The molecule has 39 heavy (non-hydrogen) atoms. The normalized spacial score (nSPS) is 21.4. The summed E-state index contributed by atoms with van der Waals surface area (Å²) in [5.41, 5.74) is 4.36. The number of Topliss-reactive ketones (excluding diaryl/α,β-unsaturated/α-hetero) is 1. The van der Waals surface area contributed by atoms with Gasteiger partial charge >= 0.3 is 5.97 Å². The SMILES string of the molecule is COc1ccc([C@@H]2CC(=O)C3=C(C2)NC(C)=C(C(=O)OC2CCCC2)[C@@H]3c2cc(Br)ccc2OC)cc1OC. The second-order valence-electron chi connectivity index (χ2n) is 10.3. The number of benzene rings is 2. The molecule has 206 valence electrons. The third-order valence-electron chi connectivity index (χ3n) is 8.01. The molecule has 0 unspecified atom stereocenters. The Bertz CT molecular complexity index is 1360. The summed E-state index contributed by atoms with van der Waals surface area (Å²) in [5.74, 6) is 0.865. The summed E-state index contributed by atoms with van der Waals surface area (Å²) in [7, 11) is 4.81. The molecule has 1 aliphatic heterocycles. The number of hydrogen-bond donors (Lipinski definition) is 1. The zero-order valence-electron chi connectivity index (χ0n) is 22.8. The van der Waals surface area contributed by atoms with Crippen LogP contribution < -0.4 is 19.5 Å². The number of rotatable bonds is 7. The van der Waals surface area contributed by atoms with Crippen LogP contribution in [0.15, 0.2) is 63.4 Å². The van der Waals surface area contributed by atoms with Crippen LogP contribution in [-0.2, 0) is 14.3 Å². The number of carbonyl (C=O) groups excluding carboxylic acids is 2. The van der Waals surface area contributed by atoms with Crippen LogP contribution in [0.25, 0.3) is 0 Å². The molecule has 5 rings (SSSR count). The molecule has 0 bridgehead atoms. The van der Waals surface area contributed by atoms with Gasteiger partial charge in [-0.15, -0.1) is 0 Å². The van der Waals surface area contributed by atoms with E-state index in [2.05, 4.69) is 21.2 Å². The van der Waals surface area contributed by atoms with Gasteiger partial charge in [0.2, 0.25) is 0 Å². The highest BCUT2D eigenvalue weighted by molar-refractivity contribution is 9.10. The minimum absolute atomic E-state index is 0.00534. The topological polar surface area (TPSA) is 83.1 Å². The number of carbonyl (C=O) groups is 2. The van der Waals surface area contributed by atoms with E-state index in [1.54, 1.807) is 21.3 Å². The van der Waals surface area contributed by atoms with Crippen LogP contribution in [0.5, 0.6) is 17.2 Å². The highest BCUT2D eigenvalue weighted by atomic mass is 79.9. The van der Waals surface area contributed by atoms with Gasteiger partial charge in [-0.05, 0) is 80.8 Å². The lowest BCUT2D eigenvalue weighted by Crippen LogP contribution is -2.36. The van der Waals surface area contributed by atoms with Crippen molar-refractivity contribution in [2.24, 2.45) is 0 Å². The molecule has 0 spiro atoms. The van der Waals surface area contributed by atoms with Gasteiger partial charge in [-0.25, -0.2) is 4.79 Å². The Morgan fingerprint density at radius 1 is 0.923 bits per heavy atom. The summed E-state index contributed by atoms with van der Waals surface area (Å²) < 4.78 is 23.5. The molecule has 0 aromatic heterocycles. The van der Waals surface area contributed by atoms with Crippen molar-refractivity contribution >= 4 is 27.7 Å². The van der Waals surface area contributed by atoms with Crippen LogP contribution in [-0.4, -0.2) is 39.2 Å². The van der Waals surface area contributed by atoms with Gasteiger partial charge in [-0.3, -0.25) is 4.79 Å². The van der Waals surface area contributed by atoms with E-state index in [1.165, 1.54) is 0 Å². The third-order valence-corrected chi connectivity index (χ3v) is 8.50. The van der Waals surface area contributed by atoms with Crippen molar-refractivity contribution in [3.05, 3.63) is 74.5 Å². The third kappa shape index (κ3) is 5.31. The first-order chi connectivity index (χ1) is 18.8. The van der Waals surface area contributed by atoms with E-state index in [-0.39, 0.29) is 23.8 Å². The Balaban J connectivity index is 1.57. The highest BCUT2D eigenvalue weighted by Crippen LogP contribution is 2.49. The maximum atomic E-state index is 14.0. The summed E-state index contributed by atoms with van der Waals surface area (Å²) in [6.07, 6.45) is 4.70. The van der Waals surface area contributed by atoms with Crippen LogP contribution in [0.1, 0.15) is 68.4 Å². The van der Waals surface area contributed by atoms with Gasteiger partial charge in [-0.2, -0.15) is 0 Å². The van der Waals surface area contributed by atoms with Crippen LogP contribution in [0.4, 0.5) is 0 Å². The van der Waals surface area contributed by atoms with Crippen molar-refractivity contribution in [1.29, 1.82) is 0 Å². The number of allylic oxidation sites excluding steroid dienone is 3. The lowest BCUT2D eigenvalue weighted by atomic mass is 9.71.